The summed E-state index contributed by atoms with van der Waals surface area (Å²) in [5.74, 6) is 1.06. The number of hydrogen-bond acceptors (Lipinski definition) is 3. The molecule has 1 N–H and O–H groups in total. The number of aromatic nitrogens is 1. The number of benzene rings is 2. The molecule has 5 nitrogen and oxygen atoms in total. The molecule has 1 amide bonds. The number of nitrogens with zero attached hydrogens (tertiary/aromatic N) is 1. The number of amides is 1. The summed E-state index contributed by atoms with van der Waals surface area (Å²) in [4.78, 5) is 18.7. The van der Waals surface area contributed by atoms with Crippen LogP contribution in [0, 0.1) is 0 Å². The van der Waals surface area contributed by atoms with Gasteiger partial charge in [0.05, 0.1) is 18.9 Å². The maximum Gasteiger partial charge on any atom is 0.290 e. The number of carbonyl (C=O) groups excluding carboxylic acids is 1. The van der Waals surface area contributed by atoms with Gasteiger partial charge in [0.1, 0.15) is 5.75 Å². The topological polar surface area (TPSA) is 58.5 Å². The van der Waals surface area contributed by atoms with Gasteiger partial charge in [0.2, 0.25) is 0 Å². The first-order valence-electron chi connectivity index (χ1n) is 9.93. The van der Waals surface area contributed by atoms with Gasteiger partial charge in [-0.15, -0.1) is 0 Å². The Morgan fingerprint density at radius 2 is 2.07 bits per heavy atom. The molecule has 0 saturated carbocycles. The Morgan fingerprint density at radius 3 is 2.90 bits per heavy atom. The maximum absolute atomic E-state index is 13.3. The van der Waals surface area contributed by atoms with E-state index in [-0.39, 0.29) is 11.9 Å². The molecular formula is C24H22N2O3. The minimum atomic E-state index is -0.232. The van der Waals surface area contributed by atoms with Crippen LogP contribution < -0.4 is 4.74 Å². The summed E-state index contributed by atoms with van der Waals surface area (Å²) in [6, 6.07) is 19.5. The summed E-state index contributed by atoms with van der Waals surface area (Å²) in [5.41, 5.74) is 4.45. The van der Waals surface area contributed by atoms with E-state index in [2.05, 4.69) is 29.2 Å². The van der Waals surface area contributed by atoms with Gasteiger partial charge < -0.3 is 19.0 Å². The van der Waals surface area contributed by atoms with Crippen LogP contribution in [0.5, 0.6) is 5.75 Å². The lowest BCUT2D eigenvalue weighted by atomic mass is 9.92. The first-order valence-corrected chi connectivity index (χ1v) is 9.93. The van der Waals surface area contributed by atoms with Gasteiger partial charge in [-0.25, -0.2) is 0 Å². The fraction of sp³-hybridized carbons (Fsp3) is 0.208. The molecule has 0 bridgehead atoms. The van der Waals surface area contributed by atoms with Crippen LogP contribution in [0.4, 0.5) is 0 Å². The average Bonchev–Trinajstić information content (AvgIpc) is 3.41. The molecule has 0 spiro atoms. The van der Waals surface area contributed by atoms with Crippen molar-refractivity contribution in [1.29, 1.82) is 0 Å². The van der Waals surface area contributed by atoms with E-state index in [4.69, 9.17) is 9.15 Å². The third-order valence-electron chi connectivity index (χ3n) is 5.51. The molecule has 4 aromatic rings. The third-order valence-corrected chi connectivity index (χ3v) is 5.51. The molecule has 0 unspecified atom stereocenters. The number of fused-ring (bicyclic) bond motifs is 3. The summed E-state index contributed by atoms with van der Waals surface area (Å²) in [7, 11) is 0. The van der Waals surface area contributed by atoms with Gasteiger partial charge in [-0.1, -0.05) is 30.3 Å². The zero-order valence-electron chi connectivity index (χ0n) is 16.2. The van der Waals surface area contributed by atoms with Crippen LogP contribution in [-0.4, -0.2) is 28.9 Å². The monoisotopic (exact) mass is 386 g/mol. The van der Waals surface area contributed by atoms with Crippen LogP contribution in [0.15, 0.2) is 71.3 Å². The number of hydrogen-bond donors (Lipinski definition) is 1. The Kier molecular flexibility index (Phi) is 4.35. The summed E-state index contributed by atoms with van der Waals surface area (Å²) < 4.78 is 11.1. The highest BCUT2D eigenvalue weighted by molar-refractivity contribution is 5.93. The summed E-state index contributed by atoms with van der Waals surface area (Å²) >= 11 is 0. The first-order chi connectivity index (χ1) is 14.3. The van der Waals surface area contributed by atoms with E-state index in [9.17, 15) is 4.79 Å². The molecule has 1 atom stereocenters. The third kappa shape index (κ3) is 2.99. The van der Waals surface area contributed by atoms with Crippen LogP contribution >= 0.6 is 0 Å². The van der Waals surface area contributed by atoms with E-state index in [1.54, 1.807) is 12.1 Å². The van der Waals surface area contributed by atoms with E-state index >= 15 is 0 Å². The molecular weight excluding hydrogens is 364 g/mol. The molecule has 2 aromatic carbocycles. The van der Waals surface area contributed by atoms with E-state index < -0.39 is 0 Å². The van der Waals surface area contributed by atoms with Crippen LogP contribution in [0.1, 0.15) is 40.3 Å². The van der Waals surface area contributed by atoms with Crippen LogP contribution in [0.2, 0.25) is 0 Å². The van der Waals surface area contributed by atoms with Crippen molar-refractivity contribution in [1.82, 2.24) is 9.88 Å². The normalized spacial score (nSPS) is 16.0. The fourth-order valence-corrected chi connectivity index (χ4v) is 4.29. The molecule has 5 heteroatoms. The molecule has 0 fully saturated rings. The van der Waals surface area contributed by atoms with E-state index in [1.165, 1.54) is 17.2 Å². The maximum atomic E-state index is 13.3. The molecule has 0 aliphatic carbocycles. The highest BCUT2D eigenvalue weighted by Crippen LogP contribution is 2.39. The molecule has 2 aromatic heterocycles. The highest BCUT2D eigenvalue weighted by atomic mass is 16.5. The fourth-order valence-electron chi connectivity index (χ4n) is 4.29. The summed E-state index contributed by atoms with van der Waals surface area (Å²) in [5, 5.41) is 1.22. The SMILES string of the molecule is CCOc1cccc([C@H]2c3[nH]c4ccccc4c3CCN2C(=O)c2ccco2)c1. The number of para-hydroxylation sites is 1. The smallest absolute Gasteiger partial charge is 0.290 e. The van der Waals surface area contributed by atoms with Crippen molar-refractivity contribution < 1.29 is 13.9 Å². The molecule has 5 rings (SSSR count). The van der Waals surface area contributed by atoms with Crippen molar-refractivity contribution in [3.05, 3.63) is 89.5 Å². The van der Waals surface area contributed by atoms with E-state index in [0.717, 1.165) is 28.9 Å². The highest BCUT2D eigenvalue weighted by Gasteiger charge is 2.35. The van der Waals surface area contributed by atoms with Gasteiger partial charge in [-0.3, -0.25) is 4.79 Å². The molecule has 0 radical (unpaired) electrons. The van der Waals surface area contributed by atoms with Crippen molar-refractivity contribution in [2.24, 2.45) is 0 Å². The number of furan rings is 1. The number of H-pyrrole nitrogens is 1. The Labute approximate surface area is 168 Å². The Hall–Kier alpha value is -3.47. The van der Waals surface area contributed by atoms with Crippen molar-refractivity contribution in [3.63, 3.8) is 0 Å². The second-order valence-electron chi connectivity index (χ2n) is 7.20. The van der Waals surface area contributed by atoms with Crippen molar-refractivity contribution in [2.75, 3.05) is 13.2 Å². The van der Waals surface area contributed by atoms with E-state index in [1.807, 2.05) is 36.1 Å². The van der Waals surface area contributed by atoms with Crippen LogP contribution in [-0.2, 0) is 6.42 Å². The quantitative estimate of drug-likeness (QED) is 0.540. The molecule has 29 heavy (non-hydrogen) atoms. The van der Waals surface area contributed by atoms with Gasteiger partial charge >= 0.3 is 0 Å². The molecule has 146 valence electrons. The summed E-state index contributed by atoms with van der Waals surface area (Å²) in [6.45, 7) is 3.19. The zero-order valence-corrected chi connectivity index (χ0v) is 16.2. The molecule has 0 saturated heterocycles. The number of carbonyl (C=O) groups is 1. The van der Waals surface area contributed by atoms with Gasteiger partial charge in [0.25, 0.3) is 5.91 Å². The van der Waals surface area contributed by atoms with Gasteiger partial charge in [0, 0.05) is 23.1 Å². The first kappa shape index (κ1) is 17.6. The minimum absolute atomic E-state index is 0.105. The lowest BCUT2D eigenvalue weighted by Gasteiger charge is -2.35. The lowest BCUT2D eigenvalue weighted by molar-refractivity contribution is 0.0659. The second-order valence-corrected chi connectivity index (χ2v) is 7.20. The molecule has 1 aliphatic heterocycles. The molecule has 1 aliphatic rings. The van der Waals surface area contributed by atoms with Crippen molar-refractivity contribution in [2.45, 2.75) is 19.4 Å². The van der Waals surface area contributed by atoms with Crippen molar-refractivity contribution in [3.8, 4) is 5.75 Å². The minimum Gasteiger partial charge on any atom is -0.494 e. The number of nitrogens with one attached hydrogen (secondary N) is 1. The predicted octanol–water partition coefficient (Wildman–Crippen LogP) is 4.95. The predicted molar refractivity (Wildman–Crippen MR) is 111 cm³/mol. The number of aromatic amines is 1. The lowest BCUT2D eigenvalue weighted by Crippen LogP contribution is -2.40. The van der Waals surface area contributed by atoms with E-state index in [0.29, 0.717) is 18.9 Å². The summed E-state index contributed by atoms with van der Waals surface area (Å²) in [6.07, 6.45) is 2.34. The Morgan fingerprint density at radius 1 is 1.17 bits per heavy atom. The van der Waals surface area contributed by atoms with Crippen LogP contribution in [0.3, 0.4) is 0 Å². The van der Waals surface area contributed by atoms with Gasteiger partial charge in [0.15, 0.2) is 5.76 Å². The number of ether oxygens (including phenoxy) is 1. The Bertz CT molecular complexity index is 1160. The number of rotatable bonds is 4. The zero-order chi connectivity index (χ0) is 19.8. The second kappa shape index (κ2) is 7.17. The Balaban J connectivity index is 1.66. The van der Waals surface area contributed by atoms with Crippen molar-refractivity contribution >= 4 is 16.8 Å². The average molecular weight is 386 g/mol. The van der Waals surface area contributed by atoms with Crippen LogP contribution in [0.25, 0.3) is 10.9 Å². The standard InChI is InChI=1S/C24H22N2O3/c1-2-28-17-8-5-7-16(15-17)23-22-19(18-9-3-4-10-20(18)25-22)12-13-26(23)24(27)21-11-6-14-29-21/h3-11,14-15,23,25H,2,12-13H2,1H3/t23-/m0/s1. The van der Waals surface area contributed by atoms with Gasteiger partial charge in [-0.05, 0) is 54.8 Å². The largest absolute Gasteiger partial charge is 0.494 e. The van der Waals surface area contributed by atoms with Gasteiger partial charge in [-0.2, -0.15) is 0 Å². The molecule has 3 heterocycles.